The zero-order valence-corrected chi connectivity index (χ0v) is 7.09. The van der Waals surface area contributed by atoms with Crippen molar-refractivity contribution in [2.24, 2.45) is 0 Å². The molecule has 0 spiro atoms. The smallest absolute Gasteiger partial charge is 0.154 e. The summed E-state index contributed by atoms with van der Waals surface area (Å²) in [4.78, 5) is 0. The number of hydrogen-bond acceptors (Lipinski definition) is 2. The van der Waals surface area contributed by atoms with Crippen LogP contribution in [0.15, 0.2) is 36.5 Å². The third-order valence-electron chi connectivity index (χ3n) is 2.11. The summed E-state index contributed by atoms with van der Waals surface area (Å²) in [5.74, 6) is 0. The summed E-state index contributed by atoms with van der Waals surface area (Å²) in [5, 5.41) is 19.3. The molecule has 1 aromatic carbocycles. The van der Waals surface area contributed by atoms with E-state index in [1.165, 1.54) is 0 Å². The van der Waals surface area contributed by atoms with Gasteiger partial charge in [0.15, 0.2) is 6.23 Å². The van der Waals surface area contributed by atoms with Gasteiger partial charge in [-0.1, -0.05) is 18.2 Å². The van der Waals surface area contributed by atoms with E-state index in [9.17, 15) is 5.11 Å². The molecule has 1 unspecified atom stereocenters. The summed E-state index contributed by atoms with van der Waals surface area (Å²) < 4.78 is 1.65. The second-order valence-corrected chi connectivity index (χ2v) is 2.95. The van der Waals surface area contributed by atoms with Crippen molar-refractivity contribution in [3.8, 4) is 0 Å². The Morgan fingerprint density at radius 3 is 2.77 bits per heavy atom. The molecule has 0 aliphatic rings. The van der Waals surface area contributed by atoms with Crippen LogP contribution in [0.1, 0.15) is 6.23 Å². The van der Waals surface area contributed by atoms with E-state index in [1.807, 2.05) is 30.3 Å². The predicted molar refractivity (Wildman–Crippen MR) is 50.3 cm³/mol. The van der Waals surface area contributed by atoms with Crippen LogP contribution in [-0.2, 0) is 0 Å². The van der Waals surface area contributed by atoms with Gasteiger partial charge in [0, 0.05) is 6.20 Å². The lowest BCUT2D eigenvalue weighted by Gasteiger charge is -2.10. The van der Waals surface area contributed by atoms with Crippen LogP contribution >= 0.6 is 0 Å². The molecule has 2 rings (SSSR count). The predicted octanol–water partition coefficient (Wildman–Crippen LogP) is 1.12. The monoisotopic (exact) mass is 177 g/mol. The highest BCUT2D eigenvalue weighted by atomic mass is 16.3. The van der Waals surface area contributed by atoms with E-state index in [2.05, 4.69) is 0 Å². The fourth-order valence-corrected chi connectivity index (χ4v) is 1.45. The van der Waals surface area contributed by atoms with Crippen molar-refractivity contribution < 1.29 is 10.2 Å². The van der Waals surface area contributed by atoms with Crippen molar-refractivity contribution in [1.29, 1.82) is 0 Å². The number of aromatic nitrogens is 1. The van der Waals surface area contributed by atoms with E-state index in [0.29, 0.717) is 0 Å². The zero-order chi connectivity index (χ0) is 9.26. The third kappa shape index (κ3) is 1.32. The number of rotatable bonds is 2. The maximum Gasteiger partial charge on any atom is 0.154 e. The first-order valence-electron chi connectivity index (χ1n) is 4.17. The average Bonchev–Trinajstić information content (AvgIpc) is 2.60. The Morgan fingerprint density at radius 1 is 1.23 bits per heavy atom. The molecule has 0 aliphatic carbocycles. The van der Waals surface area contributed by atoms with Crippen LogP contribution in [0, 0.1) is 0 Å². The largest absolute Gasteiger partial charge is 0.392 e. The van der Waals surface area contributed by atoms with Crippen LogP contribution in [-0.4, -0.2) is 21.4 Å². The maximum absolute atomic E-state index is 9.43. The number of nitrogens with zero attached hydrogens (tertiary/aromatic N) is 1. The molecule has 13 heavy (non-hydrogen) atoms. The first kappa shape index (κ1) is 8.29. The molecule has 1 aromatic heterocycles. The summed E-state index contributed by atoms with van der Waals surface area (Å²) in [6.45, 7) is -0.265. The molecule has 0 bridgehead atoms. The van der Waals surface area contributed by atoms with Crippen LogP contribution in [0.3, 0.4) is 0 Å². The maximum atomic E-state index is 9.43. The van der Waals surface area contributed by atoms with Gasteiger partial charge in [-0.3, -0.25) is 0 Å². The van der Waals surface area contributed by atoms with Crippen molar-refractivity contribution in [2.75, 3.05) is 6.61 Å². The molecule has 0 aliphatic heterocycles. The van der Waals surface area contributed by atoms with Gasteiger partial charge in [-0.25, -0.2) is 0 Å². The van der Waals surface area contributed by atoms with Gasteiger partial charge in [-0.05, 0) is 17.5 Å². The van der Waals surface area contributed by atoms with Gasteiger partial charge in [0.25, 0.3) is 0 Å². The lowest BCUT2D eigenvalue weighted by molar-refractivity contribution is 0.0427. The van der Waals surface area contributed by atoms with Gasteiger partial charge < -0.3 is 14.8 Å². The van der Waals surface area contributed by atoms with E-state index in [1.54, 1.807) is 10.8 Å². The van der Waals surface area contributed by atoms with E-state index < -0.39 is 6.23 Å². The van der Waals surface area contributed by atoms with Gasteiger partial charge in [0.1, 0.15) is 0 Å². The lowest BCUT2D eigenvalue weighted by atomic mass is 10.2. The molecule has 2 aromatic rings. The quantitative estimate of drug-likeness (QED) is 0.722. The van der Waals surface area contributed by atoms with Crippen molar-refractivity contribution in [3.63, 3.8) is 0 Å². The Labute approximate surface area is 75.9 Å². The Balaban J connectivity index is 2.57. The highest BCUT2D eigenvalue weighted by Crippen LogP contribution is 2.18. The van der Waals surface area contributed by atoms with Gasteiger partial charge >= 0.3 is 0 Å². The highest BCUT2D eigenvalue weighted by molar-refractivity contribution is 5.79. The first-order chi connectivity index (χ1) is 6.33. The number of fused-ring (bicyclic) bond motifs is 1. The van der Waals surface area contributed by atoms with Crippen molar-refractivity contribution >= 4 is 10.9 Å². The molecule has 3 heteroatoms. The number of hydrogen-bond donors (Lipinski definition) is 2. The second kappa shape index (κ2) is 3.20. The van der Waals surface area contributed by atoms with Gasteiger partial charge in [-0.2, -0.15) is 0 Å². The van der Waals surface area contributed by atoms with Crippen LogP contribution < -0.4 is 0 Å². The lowest BCUT2D eigenvalue weighted by Crippen LogP contribution is -2.10. The Morgan fingerprint density at radius 2 is 2.00 bits per heavy atom. The molecule has 0 saturated carbocycles. The van der Waals surface area contributed by atoms with E-state index in [0.717, 1.165) is 10.9 Å². The van der Waals surface area contributed by atoms with Crippen LogP contribution in [0.2, 0.25) is 0 Å². The summed E-state index contributed by atoms with van der Waals surface area (Å²) in [6.07, 6.45) is 0.922. The van der Waals surface area contributed by atoms with E-state index in [4.69, 9.17) is 5.11 Å². The molecule has 0 radical (unpaired) electrons. The Kier molecular flexibility index (Phi) is 2.04. The summed E-state index contributed by atoms with van der Waals surface area (Å²) in [6, 6.07) is 9.64. The zero-order valence-electron chi connectivity index (χ0n) is 7.09. The summed E-state index contributed by atoms with van der Waals surface area (Å²) >= 11 is 0. The summed E-state index contributed by atoms with van der Waals surface area (Å²) in [5.41, 5.74) is 0.934. The average molecular weight is 177 g/mol. The van der Waals surface area contributed by atoms with E-state index in [-0.39, 0.29) is 6.61 Å². The minimum absolute atomic E-state index is 0.265. The standard InChI is InChI=1S/C10H11NO2/c12-7-10(13)11-6-5-8-3-1-2-4-9(8)11/h1-6,10,12-13H,7H2. The van der Waals surface area contributed by atoms with E-state index >= 15 is 0 Å². The molecule has 2 N–H and O–H groups in total. The first-order valence-corrected chi connectivity index (χ1v) is 4.17. The van der Waals surface area contributed by atoms with Gasteiger partial charge in [-0.15, -0.1) is 0 Å². The minimum Gasteiger partial charge on any atom is -0.392 e. The van der Waals surface area contributed by atoms with Crippen LogP contribution in [0.25, 0.3) is 10.9 Å². The fraction of sp³-hybridized carbons (Fsp3) is 0.200. The van der Waals surface area contributed by atoms with Crippen LogP contribution in [0.4, 0.5) is 0 Å². The van der Waals surface area contributed by atoms with Crippen LogP contribution in [0.5, 0.6) is 0 Å². The molecule has 0 fully saturated rings. The van der Waals surface area contributed by atoms with Crippen molar-refractivity contribution in [3.05, 3.63) is 36.5 Å². The third-order valence-corrected chi connectivity index (χ3v) is 2.11. The molecule has 0 amide bonds. The number of aliphatic hydroxyl groups is 2. The number of aliphatic hydroxyl groups excluding tert-OH is 2. The Hall–Kier alpha value is -1.32. The van der Waals surface area contributed by atoms with Gasteiger partial charge in [0.2, 0.25) is 0 Å². The highest BCUT2D eigenvalue weighted by Gasteiger charge is 2.06. The topological polar surface area (TPSA) is 45.4 Å². The minimum atomic E-state index is -0.847. The molecule has 3 nitrogen and oxygen atoms in total. The number of benzene rings is 1. The molecular weight excluding hydrogens is 166 g/mol. The molecule has 1 atom stereocenters. The van der Waals surface area contributed by atoms with Crippen molar-refractivity contribution in [2.45, 2.75) is 6.23 Å². The van der Waals surface area contributed by atoms with Gasteiger partial charge in [0.05, 0.1) is 12.1 Å². The molecule has 0 saturated heterocycles. The Bertz CT molecular complexity index is 408. The molecular formula is C10H11NO2. The SMILES string of the molecule is OCC(O)n1ccc2ccccc21. The summed E-state index contributed by atoms with van der Waals surface area (Å²) in [7, 11) is 0. The fourth-order valence-electron chi connectivity index (χ4n) is 1.45. The molecule has 1 heterocycles. The second-order valence-electron chi connectivity index (χ2n) is 2.95. The van der Waals surface area contributed by atoms with Crippen molar-refractivity contribution in [1.82, 2.24) is 4.57 Å². The number of para-hydroxylation sites is 1. The molecule has 68 valence electrons. The normalized spacial score (nSPS) is 13.4.